The normalized spacial score (nSPS) is 11.1. The Morgan fingerprint density at radius 3 is 2.43 bits per heavy atom. The van der Waals surface area contributed by atoms with Crippen LogP contribution >= 0.6 is 11.6 Å². The molecule has 7 nitrogen and oxygen atoms in total. The maximum absolute atomic E-state index is 12.8. The Hall–Kier alpha value is -3.10. The highest BCUT2D eigenvalue weighted by molar-refractivity contribution is 7.92. The van der Waals surface area contributed by atoms with E-state index in [4.69, 9.17) is 11.6 Å². The van der Waals surface area contributed by atoms with E-state index in [0.29, 0.717) is 16.0 Å². The van der Waals surface area contributed by atoms with Crippen molar-refractivity contribution in [1.82, 2.24) is 0 Å². The molecule has 3 rings (SSSR count). The number of carbonyl (C=O) groups is 1. The number of halogens is 1. The average molecular weight is 418 g/mol. The van der Waals surface area contributed by atoms with E-state index in [1.165, 1.54) is 30.6 Å². The van der Waals surface area contributed by atoms with Gasteiger partial charge in [-0.25, -0.2) is 8.42 Å². The van der Waals surface area contributed by atoms with E-state index in [1.807, 2.05) is 0 Å². The zero-order valence-electron chi connectivity index (χ0n) is 14.7. The van der Waals surface area contributed by atoms with Crippen molar-refractivity contribution in [2.24, 2.45) is 0 Å². The lowest BCUT2D eigenvalue weighted by Crippen LogP contribution is -2.25. The fraction of sp³-hybridized carbons (Fsp3) is 0.0526. The van der Waals surface area contributed by atoms with Crippen LogP contribution in [0.1, 0.15) is 15.9 Å². The summed E-state index contributed by atoms with van der Waals surface area (Å²) in [5.74, 6) is -0.466. The van der Waals surface area contributed by atoms with Gasteiger partial charge in [-0.15, -0.1) is 0 Å². The zero-order valence-corrected chi connectivity index (χ0v) is 16.3. The van der Waals surface area contributed by atoms with Crippen LogP contribution in [0.25, 0.3) is 0 Å². The minimum absolute atomic E-state index is 0.00989. The molecular formula is C19H16ClN3O4S. The zero-order chi connectivity index (χ0) is 20.3. The Bertz CT molecular complexity index is 1130. The maximum atomic E-state index is 12.8. The molecule has 0 bridgehead atoms. The topological polar surface area (TPSA) is 102 Å². The molecule has 0 radical (unpaired) electrons. The summed E-state index contributed by atoms with van der Waals surface area (Å²) in [6.45, 7) is 1.65. The van der Waals surface area contributed by atoms with E-state index in [1.54, 1.807) is 43.3 Å². The van der Waals surface area contributed by atoms with Crippen LogP contribution in [0.5, 0.6) is 0 Å². The van der Waals surface area contributed by atoms with Crippen LogP contribution in [-0.2, 0) is 10.0 Å². The Morgan fingerprint density at radius 2 is 1.75 bits per heavy atom. The Morgan fingerprint density at radius 1 is 1.07 bits per heavy atom. The summed E-state index contributed by atoms with van der Waals surface area (Å²) >= 11 is 6.03. The molecule has 2 N–H and O–H groups in total. The van der Waals surface area contributed by atoms with E-state index in [2.05, 4.69) is 10.0 Å². The molecule has 0 spiro atoms. The van der Waals surface area contributed by atoms with Gasteiger partial charge >= 0.3 is 0 Å². The smallest absolute Gasteiger partial charge is 0.262 e. The molecule has 2 aromatic carbocycles. The number of carbonyl (C=O) groups excluding carboxylic acids is 1. The Labute approximate surface area is 167 Å². The number of rotatable bonds is 5. The quantitative estimate of drug-likeness (QED) is 0.491. The summed E-state index contributed by atoms with van der Waals surface area (Å²) in [5, 5.41) is 14.0. The molecule has 0 saturated carbocycles. The van der Waals surface area contributed by atoms with Crippen LogP contribution in [0.4, 0.5) is 11.4 Å². The highest BCUT2D eigenvalue weighted by Gasteiger charge is 2.19. The fourth-order valence-corrected chi connectivity index (χ4v) is 4.07. The van der Waals surface area contributed by atoms with Crippen molar-refractivity contribution in [2.75, 3.05) is 10.0 Å². The lowest BCUT2D eigenvalue weighted by molar-refractivity contribution is -0.605. The standard InChI is InChI=1S/C19H16ClN3O4S/c1-13-6-7-15(21-19(24)14-8-10-23(25)11-9-14)12-18(13)28(26,27)22-17-5-3-2-4-16(17)20/h2-12,22H,1H3,(H,21,24). The number of aryl methyl sites for hydroxylation is 1. The summed E-state index contributed by atoms with van der Waals surface area (Å²) < 4.78 is 28.6. The van der Waals surface area contributed by atoms with E-state index in [-0.39, 0.29) is 21.2 Å². The number of anilines is 2. The van der Waals surface area contributed by atoms with Gasteiger partial charge in [-0.3, -0.25) is 9.52 Å². The second-order valence-electron chi connectivity index (χ2n) is 5.97. The summed E-state index contributed by atoms with van der Waals surface area (Å²) in [5.41, 5.74) is 1.33. The van der Waals surface area contributed by atoms with Gasteiger partial charge in [-0.1, -0.05) is 29.8 Å². The molecule has 0 aliphatic carbocycles. The third kappa shape index (κ3) is 4.41. The lowest BCUT2D eigenvalue weighted by atomic mass is 10.2. The first-order valence-corrected chi connectivity index (χ1v) is 10.0. The van der Waals surface area contributed by atoms with E-state index >= 15 is 0 Å². The van der Waals surface area contributed by atoms with Crippen molar-refractivity contribution in [3.8, 4) is 0 Å². The Kier molecular flexibility index (Phi) is 5.53. The molecule has 3 aromatic rings. The lowest BCUT2D eigenvalue weighted by Gasteiger charge is -2.13. The van der Waals surface area contributed by atoms with Gasteiger partial charge in [0.05, 0.1) is 21.2 Å². The van der Waals surface area contributed by atoms with E-state index in [9.17, 15) is 18.4 Å². The predicted molar refractivity (Wildman–Crippen MR) is 107 cm³/mol. The van der Waals surface area contributed by atoms with Gasteiger partial charge in [0.1, 0.15) is 0 Å². The average Bonchev–Trinajstić information content (AvgIpc) is 2.65. The molecular weight excluding hydrogens is 402 g/mol. The van der Waals surface area contributed by atoms with Gasteiger partial charge in [-0.05, 0) is 36.8 Å². The molecule has 0 atom stereocenters. The second kappa shape index (κ2) is 7.87. The fourth-order valence-electron chi connectivity index (χ4n) is 2.48. The number of benzene rings is 2. The second-order valence-corrected chi connectivity index (χ2v) is 8.02. The number of nitrogens with zero attached hydrogens (tertiary/aromatic N) is 1. The number of sulfonamides is 1. The van der Waals surface area contributed by atoms with Crippen molar-refractivity contribution in [3.63, 3.8) is 0 Å². The van der Waals surface area contributed by atoms with Gasteiger partial charge < -0.3 is 10.5 Å². The largest absolute Gasteiger partial charge is 0.619 e. The summed E-state index contributed by atoms with van der Waals surface area (Å²) in [6.07, 6.45) is 2.40. The molecule has 28 heavy (non-hydrogen) atoms. The monoisotopic (exact) mass is 417 g/mol. The van der Waals surface area contributed by atoms with Gasteiger partial charge in [-0.2, -0.15) is 4.73 Å². The van der Waals surface area contributed by atoms with Crippen molar-refractivity contribution in [3.05, 3.63) is 88.3 Å². The van der Waals surface area contributed by atoms with E-state index in [0.717, 1.165) is 0 Å². The van der Waals surface area contributed by atoms with Crippen molar-refractivity contribution in [1.29, 1.82) is 0 Å². The first-order chi connectivity index (χ1) is 13.3. The molecule has 0 unspecified atom stereocenters. The van der Waals surface area contributed by atoms with Crippen molar-refractivity contribution >= 4 is 38.9 Å². The molecule has 0 aliphatic heterocycles. The third-order valence-electron chi connectivity index (χ3n) is 3.92. The number of pyridine rings is 1. The highest BCUT2D eigenvalue weighted by atomic mass is 35.5. The highest BCUT2D eigenvalue weighted by Crippen LogP contribution is 2.27. The Balaban J connectivity index is 1.87. The SMILES string of the molecule is Cc1ccc(NC(=O)c2cc[n+]([O-])cc2)cc1S(=O)(=O)Nc1ccccc1Cl. The summed E-state index contributed by atoms with van der Waals surface area (Å²) in [7, 11) is -3.93. The van der Waals surface area contributed by atoms with Crippen LogP contribution in [0.3, 0.4) is 0 Å². The summed E-state index contributed by atoms with van der Waals surface area (Å²) in [6, 6.07) is 13.8. The van der Waals surface area contributed by atoms with Crippen LogP contribution in [0, 0.1) is 12.1 Å². The number of nitrogens with one attached hydrogen (secondary N) is 2. The van der Waals surface area contributed by atoms with Crippen LogP contribution in [0.15, 0.2) is 71.9 Å². The number of hydrogen-bond acceptors (Lipinski definition) is 4. The van der Waals surface area contributed by atoms with Gasteiger partial charge in [0, 0.05) is 17.8 Å². The van der Waals surface area contributed by atoms with Gasteiger partial charge in [0.25, 0.3) is 15.9 Å². The maximum Gasteiger partial charge on any atom is 0.262 e. The minimum Gasteiger partial charge on any atom is -0.619 e. The predicted octanol–water partition coefficient (Wildman–Crippen LogP) is 3.33. The molecule has 1 amide bonds. The summed E-state index contributed by atoms with van der Waals surface area (Å²) in [4.78, 5) is 12.3. The number of aromatic nitrogens is 1. The molecule has 0 saturated heterocycles. The molecule has 1 aromatic heterocycles. The third-order valence-corrected chi connectivity index (χ3v) is 5.76. The van der Waals surface area contributed by atoms with Crippen molar-refractivity contribution in [2.45, 2.75) is 11.8 Å². The molecule has 0 aliphatic rings. The molecule has 9 heteroatoms. The molecule has 1 heterocycles. The van der Waals surface area contributed by atoms with Gasteiger partial charge in [0.15, 0.2) is 12.4 Å². The number of para-hydroxylation sites is 1. The number of amides is 1. The first kappa shape index (κ1) is 19.7. The first-order valence-electron chi connectivity index (χ1n) is 8.14. The number of hydrogen-bond donors (Lipinski definition) is 2. The van der Waals surface area contributed by atoms with Crippen LogP contribution < -0.4 is 14.8 Å². The minimum atomic E-state index is -3.93. The van der Waals surface area contributed by atoms with Gasteiger partial charge in [0.2, 0.25) is 0 Å². The molecule has 0 fully saturated rings. The van der Waals surface area contributed by atoms with Crippen molar-refractivity contribution < 1.29 is 17.9 Å². The van der Waals surface area contributed by atoms with E-state index < -0.39 is 15.9 Å². The van der Waals surface area contributed by atoms with Crippen LogP contribution in [-0.4, -0.2) is 14.3 Å². The van der Waals surface area contributed by atoms with Crippen LogP contribution in [0.2, 0.25) is 5.02 Å². The molecule has 144 valence electrons.